The molecule has 0 aliphatic heterocycles. The van der Waals surface area contributed by atoms with Gasteiger partial charge in [-0.25, -0.2) is 4.79 Å². The minimum Gasteiger partial charge on any atom is -0.408 e. The van der Waals surface area contributed by atoms with Crippen molar-refractivity contribution in [3.63, 3.8) is 0 Å². The fourth-order valence-electron chi connectivity index (χ4n) is 1.77. The predicted octanol–water partition coefficient (Wildman–Crippen LogP) is 0.567. The van der Waals surface area contributed by atoms with Crippen LogP contribution in [0, 0.1) is 0 Å². The van der Waals surface area contributed by atoms with Gasteiger partial charge in [0.15, 0.2) is 5.42 Å². The van der Waals surface area contributed by atoms with Gasteiger partial charge in [0.1, 0.15) is 0 Å². The molecule has 2 rings (SSSR count). The van der Waals surface area contributed by atoms with E-state index in [1.165, 1.54) is 0 Å². The summed E-state index contributed by atoms with van der Waals surface area (Å²) in [5.74, 6) is -0.422. The number of rotatable bonds is 0. The number of H-pyrrole nitrogens is 1. The van der Waals surface area contributed by atoms with Crippen molar-refractivity contribution in [2.45, 2.75) is 25.5 Å². The fraction of sp³-hybridized carbons (Fsp3) is 0.364. The zero-order chi connectivity index (χ0) is 11.2. The van der Waals surface area contributed by atoms with Crippen LogP contribution in [0.3, 0.4) is 0 Å². The van der Waals surface area contributed by atoms with Crippen LogP contribution in [0.4, 0.5) is 0 Å². The number of oxazole rings is 1. The van der Waals surface area contributed by atoms with Crippen LogP contribution in [0.15, 0.2) is 20.9 Å². The Morgan fingerprint density at radius 2 is 2.13 bits per heavy atom. The largest absolute Gasteiger partial charge is 0.417 e. The first-order valence-corrected chi connectivity index (χ1v) is 5.19. The first kappa shape index (κ1) is 10.4. The number of thiol groups is 1. The molecule has 1 aliphatic carbocycles. The maximum atomic E-state index is 11.1. The summed E-state index contributed by atoms with van der Waals surface area (Å²) in [6.45, 7) is 5.87. The molecule has 1 aliphatic rings. The number of fused-ring (bicyclic) bond motifs is 1. The van der Waals surface area contributed by atoms with Crippen molar-refractivity contribution < 1.29 is 4.42 Å². The molecule has 0 radical (unpaired) electrons. The van der Waals surface area contributed by atoms with Crippen LogP contribution >= 0.6 is 12.6 Å². The lowest BCUT2D eigenvalue weighted by Gasteiger charge is -2.19. The number of hydrogen-bond acceptors (Lipinski definition) is 3. The molecule has 3 nitrogen and oxygen atoms in total. The van der Waals surface area contributed by atoms with Gasteiger partial charge in [0.2, 0.25) is 0 Å². The lowest BCUT2D eigenvalue weighted by molar-refractivity contribution is 0.481. The van der Waals surface area contributed by atoms with E-state index >= 15 is 0 Å². The Balaban J connectivity index is 2.97. The molecule has 0 fully saturated rings. The minimum absolute atomic E-state index is 0.385. The van der Waals surface area contributed by atoms with E-state index in [-0.39, 0.29) is 4.75 Å². The highest BCUT2D eigenvalue weighted by Gasteiger charge is 2.22. The molecule has 15 heavy (non-hydrogen) atoms. The van der Waals surface area contributed by atoms with Crippen molar-refractivity contribution in [1.29, 1.82) is 0 Å². The molecule has 0 saturated heterocycles. The van der Waals surface area contributed by atoms with Gasteiger partial charge in [-0.3, -0.25) is 4.98 Å². The van der Waals surface area contributed by atoms with Gasteiger partial charge in [0.25, 0.3) is 0 Å². The summed E-state index contributed by atoms with van der Waals surface area (Å²) in [5, 5.41) is 0.726. The number of hydrogen-bond donors (Lipinski definition) is 2. The maximum absolute atomic E-state index is 11.1. The molecule has 0 bridgehead atoms. The fourth-order valence-corrected chi connectivity index (χ4v) is 2.08. The van der Waals surface area contributed by atoms with E-state index < -0.39 is 5.76 Å². The molecule has 0 amide bonds. The quantitative estimate of drug-likeness (QED) is 0.632. The van der Waals surface area contributed by atoms with E-state index in [0.717, 1.165) is 16.5 Å². The SMILES string of the molecule is CC1=CC(C)(S)C(C)=c2oc(=O)[nH]c2=C1. The third kappa shape index (κ3) is 1.69. The summed E-state index contributed by atoms with van der Waals surface area (Å²) in [6.07, 6.45) is 3.94. The van der Waals surface area contributed by atoms with Crippen molar-refractivity contribution in [2.75, 3.05) is 0 Å². The standard InChI is InChI=1S/C11H13NO2S/c1-6-4-8-9(14-10(13)12-8)7(2)11(3,15)5-6/h4-5,15H,1-3H3,(H,12,13). The summed E-state index contributed by atoms with van der Waals surface area (Å²) >= 11 is 4.57. The Labute approximate surface area is 92.6 Å². The summed E-state index contributed by atoms with van der Waals surface area (Å²) in [6, 6.07) is 0. The smallest absolute Gasteiger partial charge is 0.408 e. The zero-order valence-corrected chi connectivity index (χ0v) is 9.81. The summed E-state index contributed by atoms with van der Waals surface area (Å²) in [7, 11) is 0. The number of nitrogens with one attached hydrogen (secondary N) is 1. The van der Waals surface area contributed by atoms with Gasteiger partial charge < -0.3 is 4.42 Å². The third-order valence-electron chi connectivity index (χ3n) is 2.66. The van der Waals surface area contributed by atoms with E-state index in [0.29, 0.717) is 5.42 Å². The van der Waals surface area contributed by atoms with Crippen molar-refractivity contribution in [3.8, 4) is 0 Å². The average molecular weight is 223 g/mol. The van der Waals surface area contributed by atoms with Gasteiger partial charge >= 0.3 is 5.76 Å². The van der Waals surface area contributed by atoms with E-state index in [2.05, 4.69) is 17.6 Å². The molecular weight excluding hydrogens is 210 g/mol. The molecule has 1 aromatic rings. The molecule has 4 heteroatoms. The van der Waals surface area contributed by atoms with Crippen LogP contribution in [-0.4, -0.2) is 9.73 Å². The lowest BCUT2D eigenvalue weighted by Crippen LogP contribution is -2.28. The first-order valence-electron chi connectivity index (χ1n) is 4.74. The third-order valence-corrected chi connectivity index (χ3v) is 3.12. The van der Waals surface area contributed by atoms with Crippen LogP contribution in [0.25, 0.3) is 11.6 Å². The monoisotopic (exact) mass is 223 g/mol. The second kappa shape index (κ2) is 3.17. The molecule has 0 spiro atoms. The van der Waals surface area contributed by atoms with E-state index in [1.54, 1.807) is 0 Å². The average Bonchev–Trinajstić information content (AvgIpc) is 2.40. The van der Waals surface area contributed by atoms with Crippen molar-refractivity contribution in [3.05, 3.63) is 33.0 Å². The maximum Gasteiger partial charge on any atom is 0.417 e. The Morgan fingerprint density at radius 3 is 2.80 bits per heavy atom. The van der Waals surface area contributed by atoms with Crippen LogP contribution in [-0.2, 0) is 0 Å². The second-order valence-corrected chi connectivity index (χ2v) is 4.99. The molecule has 0 saturated carbocycles. The molecular formula is C11H13NO2S. The van der Waals surface area contributed by atoms with Gasteiger partial charge in [-0.2, -0.15) is 12.6 Å². The molecule has 1 unspecified atom stereocenters. The lowest BCUT2D eigenvalue weighted by atomic mass is 10.0. The van der Waals surface area contributed by atoms with Crippen molar-refractivity contribution in [2.24, 2.45) is 0 Å². The highest BCUT2D eigenvalue weighted by atomic mass is 32.1. The summed E-state index contributed by atoms with van der Waals surface area (Å²) in [4.78, 5) is 13.8. The van der Waals surface area contributed by atoms with Crippen LogP contribution < -0.4 is 16.5 Å². The van der Waals surface area contributed by atoms with Gasteiger partial charge in [-0.05, 0) is 32.4 Å². The number of aromatic nitrogens is 1. The second-order valence-electron chi connectivity index (χ2n) is 4.06. The highest BCUT2D eigenvalue weighted by Crippen LogP contribution is 2.27. The Morgan fingerprint density at radius 1 is 1.47 bits per heavy atom. The van der Waals surface area contributed by atoms with Gasteiger partial charge in [-0.1, -0.05) is 11.6 Å². The van der Waals surface area contributed by atoms with E-state index in [4.69, 9.17) is 4.42 Å². The molecule has 1 heterocycles. The van der Waals surface area contributed by atoms with E-state index in [1.807, 2.05) is 32.9 Å². The summed E-state index contributed by atoms with van der Waals surface area (Å²) < 4.78 is 4.74. The molecule has 80 valence electrons. The Kier molecular flexibility index (Phi) is 2.19. The highest BCUT2D eigenvalue weighted by molar-refractivity contribution is 7.82. The molecule has 1 atom stereocenters. The molecule has 1 aromatic heterocycles. The topological polar surface area (TPSA) is 46.0 Å². The molecule has 0 aromatic carbocycles. The molecule has 1 N–H and O–H groups in total. The van der Waals surface area contributed by atoms with Crippen LogP contribution in [0.2, 0.25) is 0 Å². The number of aromatic amines is 1. The van der Waals surface area contributed by atoms with Gasteiger partial charge in [0.05, 0.1) is 10.1 Å². The number of allylic oxidation sites excluding steroid dienone is 1. The van der Waals surface area contributed by atoms with E-state index in [9.17, 15) is 4.79 Å². The van der Waals surface area contributed by atoms with Gasteiger partial charge in [-0.15, -0.1) is 0 Å². The predicted molar refractivity (Wildman–Crippen MR) is 63.3 cm³/mol. The van der Waals surface area contributed by atoms with Gasteiger partial charge in [0, 0.05) is 0 Å². The van der Waals surface area contributed by atoms with Crippen molar-refractivity contribution >= 4 is 24.3 Å². The van der Waals surface area contributed by atoms with Crippen LogP contribution in [0.1, 0.15) is 20.8 Å². The normalized spacial score (nSPS) is 25.3. The Bertz CT molecular complexity index is 601. The van der Waals surface area contributed by atoms with Crippen LogP contribution in [0.5, 0.6) is 0 Å². The minimum atomic E-state index is -0.422. The summed E-state index contributed by atoms with van der Waals surface area (Å²) in [5.41, 5.74) is 2.60. The van der Waals surface area contributed by atoms with Crippen molar-refractivity contribution in [1.82, 2.24) is 4.98 Å². The Hall–Kier alpha value is -1.16. The zero-order valence-electron chi connectivity index (χ0n) is 8.92. The first-order chi connectivity index (χ1) is 6.90.